The van der Waals surface area contributed by atoms with Gasteiger partial charge in [-0.25, -0.2) is 4.98 Å². The lowest BCUT2D eigenvalue weighted by Crippen LogP contribution is -2.37. The van der Waals surface area contributed by atoms with Crippen molar-refractivity contribution in [2.45, 2.75) is 26.2 Å². The van der Waals surface area contributed by atoms with Gasteiger partial charge in [0.15, 0.2) is 5.13 Å². The minimum Gasteiger partial charge on any atom is -0.300 e. The number of thiazole rings is 1. The molecule has 7 heteroatoms. The van der Waals surface area contributed by atoms with E-state index in [1.165, 1.54) is 11.3 Å². The van der Waals surface area contributed by atoms with E-state index >= 15 is 0 Å². The number of anilines is 1. The highest BCUT2D eigenvalue weighted by Gasteiger charge is 2.36. The summed E-state index contributed by atoms with van der Waals surface area (Å²) in [5.74, 6) is -1.33. The predicted molar refractivity (Wildman–Crippen MR) is 91.3 cm³/mol. The first-order valence-corrected chi connectivity index (χ1v) is 8.36. The van der Waals surface area contributed by atoms with Crippen LogP contribution in [0.3, 0.4) is 0 Å². The average molecular weight is 343 g/mol. The van der Waals surface area contributed by atoms with Crippen molar-refractivity contribution < 1.29 is 14.4 Å². The Hall–Kier alpha value is -2.54. The molecule has 1 aliphatic rings. The molecule has 3 amide bonds. The summed E-state index contributed by atoms with van der Waals surface area (Å²) >= 11 is 1.32. The van der Waals surface area contributed by atoms with Crippen LogP contribution in [0.15, 0.2) is 29.6 Å². The van der Waals surface area contributed by atoms with Crippen molar-refractivity contribution in [3.63, 3.8) is 0 Å². The number of benzene rings is 1. The van der Waals surface area contributed by atoms with Gasteiger partial charge in [-0.2, -0.15) is 0 Å². The Balaban J connectivity index is 1.69. The van der Waals surface area contributed by atoms with Crippen LogP contribution in [0.4, 0.5) is 5.13 Å². The topological polar surface area (TPSA) is 79.4 Å². The van der Waals surface area contributed by atoms with Crippen LogP contribution in [0.25, 0.3) is 0 Å². The van der Waals surface area contributed by atoms with E-state index in [0.29, 0.717) is 16.3 Å². The summed E-state index contributed by atoms with van der Waals surface area (Å²) in [7, 11) is 0. The Morgan fingerprint density at radius 3 is 2.25 bits per heavy atom. The molecule has 2 aromatic rings. The van der Waals surface area contributed by atoms with E-state index < -0.39 is 17.7 Å². The molecule has 0 saturated heterocycles. The van der Waals surface area contributed by atoms with E-state index in [9.17, 15) is 14.4 Å². The van der Waals surface area contributed by atoms with Gasteiger partial charge in [0.05, 0.1) is 16.8 Å². The predicted octanol–water partition coefficient (Wildman–Crippen LogP) is 2.68. The van der Waals surface area contributed by atoms with Gasteiger partial charge in [-0.05, 0) is 12.1 Å². The lowest BCUT2D eigenvalue weighted by Gasteiger charge is -2.14. The fourth-order valence-corrected chi connectivity index (χ4v) is 3.31. The Morgan fingerprint density at radius 1 is 1.17 bits per heavy atom. The van der Waals surface area contributed by atoms with Crippen LogP contribution in [-0.2, 0) is 10.2 Å². The van der Waals surface area contributed by atoms with Crippen molar-refractivity contribution in [2.24, 2.45) is 0 Å². The number of carbonyl (C=O) groups excluding carboxylic acids is 3. The third kappa shape index (κ3) is 2.94. The minimum atomic E-state index is -0.445. The van der Waals surface area contributed by atoms with Crippen LogP contribution >= 0.6 is 11.3 Å². The molecule has 2 heterocycles. The fourth-order valence-electron chi connectivity index (χ4n) is 2.36. The fraction of sp³-hybridized carbons (Fsp3) is 0.294. The third-order valence-corrected chi connectivity index (χ3v) is 4.46. The molecule has 1 aromatic heterocycles. The van der Waals surface area contributed by atoms with Crippen LogP contribution in [0.2, 0.25) is 0 Å². The van der Waals surface area contributed by atoms with Crippen molar-refractivity contribution in [3.8, 4) is 0 Å². The van der Waals surface area contributed by atoms with E-state index in [1.54, 1.807) is 24.3 Å². The van der Waals surface area contributed by atoms with E-state index in [2.05, 4.69) is 10.3 Å². The van der Waals surface area contributed by atoms with Gasteiger partial charge < -0.3 is 5.32 Å². The average Bonchev–Trinajstić information content (AvgIpc) is 3.07. The molecule has 0 spiro atoms. The maximum atomic E-state index is 12.2. The monoisotopic (exact) mass is 343 g/mol. The molecule has 3 rings (SSSR count). The molecular weight excluding hydrogens is 326 g/mol. The van der Waals surface area contributed by atoms with Gasteiger partial charge in [0.2, 0.25) is 5.91 Å². The van der Waals surface area contributed by atoms with Crippen molar-refractivity contribution in [2.75, 3.05) is 11.9 Å². The zero-order chi connectivity index (χ0) is 17.5. The van der Waals surface area contributed by atoms with Crippen molar-refractivity contribution >= 4 is 34.2 Å². The SMILES string of the molecule is CC(C)(C)c1csc(NC(=O)CN2C(=O)c3ccccc3C2=O)n1. The quantitative estimate of drug-likeness (QED) is 0.869. The first kappa shape index (κ1) is 16.3. The largest absolute Gasteiger partial charge is 0.300 e. The Bertz CT molecular complexity index is 801. The number of amides is 3. The van der Waals surface area contributed by atoms with Gasteiger partial charge in [0, 0.05) is 10.8 Å². The number of fused-ring (bicyclic) bond motifs is 1. The first-order valence-electron chi connectivity index (χ1n) is 7.48. The second-order valence-corrected chi connectivity index (χ2v) is 7.44. The molecule has 0 fully saturated rings. The van der Waals surface area contributed by atoms with Crippen LogP contribution in [0.1, 0.15) is 47.2 Å². The number of hydrogen-bond acceptors (Lipinski definition) is 5. The maximum Gasteiger partial charge on any atom is 0.262 e. The summed E-state index contributed by atoms with van der Waals surface area (Å²) in [6.07, 6.45) is 0. The molecular formula is C17H17N3O3S. The number of hydrogen-bond donors (Lipinski definition) is 1. The lowest BCUT2D eigenvalue weighted by molar-refractivity contribution is -0.116. The Labute approximate surface area is 143 Å². The highest BCUT2D eigenvalue weighted by atomic mass is 32.1. The number of carbonyl (C=O) groups is 3. The minimum absolute atomic E-state index is 0.109. The molecule has 1 aromatic carbocycles. The van der Waals surface area contributed by atoms with Gasteiger partial charge in [0.25, 0.3) is 11.8 Å². The molecule has 24 heavy (non-hydrogen) atoms. The number of nitrogens with one attached hydrogen (secondary N) is 1. The second kappa shape index (κ2) is 5.83. The summed E-state index contributed by atoms with van der Waals surface area (Å²) in [4.78, 5) is 42.0. The van der Waals surface area contributed by atoms with Crippen molar-refractivity contribution in [1.82, 2.24) is 9.88 Å². The molecule has 6 nitrogen and oxygen atoms in total. The van der Waals surface area contributed by atoms with Crippen molar-refractivity contribution in [1.29, 1.82) is 0 Å². The normalized spacial score (nSPS) is 14.0. The third-order valence-electron chi connectivity index (χ3n) is 3.70. The molecule has 124 valence electrons. The summed E-state index contributed by atoms with van der Waals surface area (Å²) in [5, 5.41) is 5.00. The number of nitrogens with zero attached hydrogens (tertiary/aromatic N) is 2. The first-order chi connectivity index (χ1) is 11.3. The molecule has 0 aliphatic carbocycles. The van der Waals surface area contributed by atoms with Gasteiger partial charge in [-0.3, -0.25) is 19.3 Å². The van der Waals surface area contributed by atoms with Crippen LogP contribution in [0, 0.1) is 0 Å². The van der Waals surface area contributed by atoms with Gasteiger partial charge >= 0.3 is 0 Å². The molecule has 0 atom stereocenters. The zero-order valence-corrected chi connectivity index (χ0v) is 14.4. The van der Waals surface area contributed by atoms with Gasteiger partial charge in [-0.1, -0.05) is 32.9 Å². The molecule has 1 N–H and O–H groups in total. The standard InChI is InChI=1S/C17H17N3O3S/c1-17(2,3)12-9-24-16(18-12)19-13(21)8-20-14(22)10-6-4-5-7-11(10)15(20)23/h4-7,9H,8H2,1-3H3,(H,18,19,21). The summed E-state index contributed by atoms with van der Waals surface area (Å²) in [5.41, 5.74) is 1.44. The summed E-state index contributed by atoms with van der Waals surface area (Å²) in [6, 6.07) is 6.56. The second-order valence-electron chi connectivity index (χ2n) is 6.58. The van der Waals surface area contributed by atoms with E-state index in [-0.39, 0.29) is 12.0 Å². The molecule has 0 bridgehead atoms. The molecule has 0 radical (unpaired) electrons. The zero-order valence-electron chi connectivity index (χ0n) is 13.6. The lowest BCUT2D eigenvalue weighted by atomic mass is 9.93. The van der Waals surface area contributed by atoms with E-state index in [0.717, 1.165) is 10.6 Å². The van der Waals surface area contributed by atoms with E-state index in [1.807, 2.05) is 26.2 Å². The Kier molecular flexibility index (Phi) is 3.96. The van der Waals surface area contributed by atoms with Crippen LogP contribution in [-0.4, -0.2) is 34.2 Å². The number of imide groups is 1. The van der Waals surface area contributed by atoms with Gasteiger partial charge in [-0.15, -0.1) is 11.3 Å². The van der Waals surface area contributed by atoms with Gasteiger partial charge in [0.1, 0.15) is 6.54 Å². The smallest absolute Gasteiger partial charge is 0.262 e. The summed E-state index contributed by atoms with van der Waals surface area (Å²) in [6.45, 7) is 5.78. The highest BCUT2D eigenvalue weighted by Crippen LogP contribution is 2.26. The Morgan fingerprint density at radius 2 is 1.75 bits per heavy atom. The number of aromatic nitrogens is 1. The molecule has 0 unspecified atom stereocenters. The van der Waals surface area contributed by atoms with Crippen molar-refractivity contribution in [3.05, 3.63) is 46.5 Å². The molecule has 1 aliphatic heterocycles. The maximum absolute atomic E-state index is 12.2. The summed E-state index contributed by atoms with van der Waals surface area (Å²) < 4.78 is 0. The van der Waals surface area contributed by atoms with Crippen LogP contribution < -0.4 is 5.32 Å². The highest BCUT2D eigenvalue weighted by molar-refractivity contribution is 7.13. The van der Waals surface area contributed by atoms with Crippen LogP contribution in [0.5, 0.6) is 0 Å². The molecule has 0 saturated carbocycles. The van der Waals surface area contributed by atoms with E-state index in [4.69, 9.17) is 0 Å². The number of rotatable bonds is 3.